The zero-order valence-corrected chi connectivity index (χ0v) is 7.02. The molecule has 0 rings (SSSR count). The second-order valence-electron chi connectivity index (χ2n) is 2.68. The van der Waals surface area contributed by atoms with Crippen LogP contribution in [0.5, 0.6) is 0 Å². The number of hydrogen-bond donors (Lipinski definition) is 2. The van der Waals surface area contributed by atoms with Crippen molar-refractivity contribution in [3.05, 3.63) is 0 Å². The predicted molar refractivity (Wildman–Crippen MR) is 43.7 cm³/mol. The molecule has 0 heterocycles. The molecule has 0 aromatic carbocycles. The molecule has 0 saturated heterocycles. The van der Waals surface area contributed by atoms with E-state index in [-0.39, 0.29) is 5.92 Å². The van der Waals surface area contributed by atoms with Crippen LogP contribution in [0.15, 0.2) is 0 Å². The second kappa shape index (κ2) is 3.34. The molecule has 0 unspecified atom stereocenters. The molecule has 0 aromatic heterocycles. The molecule has 0 fully saturated rings. The molecule has 0 aromatic rings. The predicted octanol–water partition coefficient (Wildman–Crippen LogP) is 1.55. The van der Waals surface area contributed by atoms with Gasteiger partial charge in [0.05, 0.1) is 5.84 Å². The SMILES string of the molecule is CC(=N)N(C)C(=N)C(C)C. The van der Waals surface area contributed by atoms with Crippen molar-refractivity contribution in [3.63, 3.8) is 0 Å². The molecule has 0 aliphatic carbocycles. The molecule has 0 atom stereocenters. The van der Waals surface area contributed by atoms with Crippen LogP contribution in [0.2, 0.25) is 0 Å². The summed E-state index contributed by atoms with van der Waals surface area (Å²) in [5.41, 5.74) is 0. The van der Waals surface area contributed by atoms with Crippen molar-refractivity contribution >= 4 is 11.7 Å². The van der Waals surface area contributed by atoms with Crippen LogP contribution >= 0.6 is 0 Å². The van der Waals surface area contributed by atoms with Crippen LogP contribution in [0, 0.1) is 16.7 Å². The van der Waals surface area contributed by atoms with Gasteiger partial charge in [0.1, 0.15) is 5.84 Å². The Labute approximate surface area is 62.1 Å². The van der Waals surface area contributed by atoms with Crippen molar-refractivity contribution in [1.29, 1.82) is 10.8 Å². The van der Waals surface area contributed by atoms with E-state index < -0.39 is 0 Å². The topological polar surface area (TPSA) is 50.9 Å². The second-order valence-corrected chi connectivity index (χ2v) is 2.68. The summed E-state index contributed by atoms with van der Waals surface area (Å²) >= 11 is 0. The highest BCUT2D eigenvalue weighted by Gasteiger charge is 2.08. The Kier molecular flexibility index (Phi) is 3.06. The minimum Gasteiger partial charge on any atom is -0.322 e. The first-order chi connectivity index (χ1) is 4.46. The third-order valence-corrected chi connectivity index (χ3v) is 1.41. The van der Waals surface area contributed by atoms with Crippen LogP contribution in [0.1, 0.15) is 20.8 Å². The first-order valence-corrected chi connectivity index (χ1v) is 3.34. The van der Waals surface area contributed by atoms with E-state index in [9.17, 15) is 0 Å². The normalized spacial score (nSPS) is 9.70. The average Bonchev–Trinajstić information content (AvgIpc) is 1.84. The van der Waals surface area contributed by atoms with E-state index >= 15 is 0 Å². The zero-order valence-electron chi connectivity index (χ0n) is 7.02. The molecule has 0 radical (unpaired) electrons. The van der Waals surface area contributed by atoms with Gasteiger partial charge in [0.15, 0.2) is 0 Å². The number of nitrogens with one attached hydrogen (secondary N) is 2. The van der Waals surface area contributed by atoms with Crippen LogP contribution in [0.3, 0.4) is 0 Å². The van der Waals surface area contributed by atoms with E-state index in [0.717, 1.165) is 0 Å². The monoisotopic (exact) mass is 141 g/mol. The lowest BCUT2D eigenvalue weighted by Gasteiger charge is -2.20. The highest BCUT2D eigenvalue weighted by Crippen LogP contribution is 1.98. The Morgan fingerprint density at radius 1 is 1.30 bits per heavy atom. The number of hydrogen-bond acceptors (Lipinski definition) is 2. The van der Waals surface area contributed by atoms with Gasteiger partial charge >= 0.3 is 0 Å². The van der Waals surface area contributed by atoms with Crippen molar-refractivity contribution < 1.29 is 0 Å². The van der Waals surface area contributed by atoms with Gasteiger partial charge in [-0.25, -0.2) is 0 Å². The van der Waals surface area contributed by atoms with Crippen LogP contribution in [-0.4, -0.2) is 23.6 Å². The molecule has 10 heavy (non-hydrogen) atoms. The van der Waals surface area contributed by atoms with Crippen LogP contribution in [0.4, 0.5) is 0 Å². The Hall–Kier alpha value is -0.860. The van der Waals surface area contributed by atoms with Crippen LogP contribution in [-0.2, 0) is 0 Å². The van der Waals surface area contributed by atoms with Gasteiger partial charge < -0.3 is 4.90 Å². The summed E-state index contributed by atoms with van der Waals surface area (Å²) in [4.78, 5) is 1.57. The largest absolute Gasteiger partial charge is 0.322 e. The minimum atomic E-state index is 0.199. The van der Waals surface area contributed by atoms with E-state index in [1.54, 1.807) is 18.9 Å². The molecule has 0 saturated carbocycles. The molecule has 0 amide bonds. The Morgan fingerprint density at radius 3 is 1.80 bits per heavy atom. The van der Waals surface area contributed by atoms with Crippen molar-refractivity contribution in [3.8, 4) is 0 Å². The highest BCUT2D eigenvalue weighted by molar-refractivity contribution is 5.97. The van der Waals surface area contributed by atoms with E-state index in [0.29, 0.717) is 11.7 Å². The third kappa shape index (κ3) is 2.17. The van der Waals surface area contributed by atoms with Gasteiger partial charge in [0.2, 0.25) is 0 Å². The standard InChI is InChI=1S/C7H15N3/c1-5(2)7(9)10(4)6(3)8/h5,8-9H,1-4H3. The number of amidine groups is 2. The fourth-order valence-electron chi connectivity index (χ4n) is 0.568. The molecule has 0 aliphatic heterocycles. The summed E-state index contributed by atoms with van der Waals surface area (Å²) in [7, 11) is 1.74. The minimum absolute atomic E-state index is 0.199. The molecular weight excluding hydrogens is 126 g/mol. The van der Waals surface area contributed by atoms with Gasteiger partial charge in [0, 0.05) is 13.0 Å². The summed E-state index contributed by atoms with van der Waals surface area (Å²) in [5, 5.41) is 14.7. The lowest BCUT2D eigenvalue weighted by atomic mass is 10.2. The fraction of sp³-hybridized carbons (Fsp3) is 0.714. The van der Waals surface area contributed by atoms with Gasteiger partial charge in [-0.1, -0.05) is 13.8 Å². The number of nitrogens with zero attached hydrogens (tertiary/aromatic N) is 1. The summed E-state index contributed by atoms with van der Waals surface area (Å²) < 4.78 is 0. The molecular formula is C7H15N3. The Bertz CT molecular complexity index is 149. The average molecular weight is 141 g/mol. The van der Waals surface area contributed by atoms with Gasteiger partial charge in [0.25, 0.3) is 0 Å². The fourth-order valence-corrected chi connectivity index (χ4v) is 0.568. The zero-order chi connectivity index (χ0) is 8.31. The molecule has 2 N–H and O–H groups in total. The highest BCUT2D eigenvalue weighted by atomic mass is 15.2. The van der Waals surface area contributed by atoms with Gasteiger partial charge in [-0.3, -0.25) is 10.8 Å². The summed E-state index contributed by atoms with van der Waals surface area (Å²) in [6.45, 7) is 5.57. The van der Waals surface area contributed by atoms with Crippen molar-refractivity contribution in [2.24, 2.45) is 5.92 Å². The van der Waals surface area contributed by atoms with E-state index in [4.69, 9.17) is 10.8 Å². The van der Waals surface area contributed by atoms with Crippen molar-refractivity contribution in [2.75, 3.05) is 7.05 Å². The maximum Gasteiger partial charge on any atom is 0.103 e. The molecule has 3 nitrogen and oxygen atoms in total. The molecule has 3 heteroatoms. The lowest BCUT2D eigenvalue weighted by Crippen LogP contribution is -2.33. The molecule has 0 bridgehead atoms. The van der Waals surface area contributed by atoms with E-state index in [1.807, 2.05) is 13.8 Å². The first-order valence-electron chi connectivity index (χ1n) is 3.34. The summed E-state index contributed by atoms with van der Waals surface area (Å²) in [6.07, 6.45) is 0. The summed E-state index contributed by atoms with van der Waals surface area (Å²) in [5.74, 6) is 1.11. The van der Waals surface area contributed by atoms with Gasteiger partial charge in [-0.2, -0.15) is 0 Å². The van der Waals surface area contributed by atoms with Crippen molar-refractivity contribution in [1.82, 2.24) is 4.90 Å². The van der Waals surface area contributed by atoms with Gasteiger partial charge in [-0.15, -0.1) is 0 Å². The maximum atomic E-state index is 7.46. The Balaban J connectivity index is 4.08. The number of rotatable bonds is 1. The van der Waals surface area contributed by atoms with Crippen molar-refractivity contribution in [2.45, 2.75) is 20.8 Å². The Morgan fingerprint density at radius 2 is 1.70 bits per heavy atom. The maximum absolute atomic E-state index is 7.46. The third-order valence-electron chi connectivity index (χ3n) is 1.41. The molecule has 0 aliphatic rings. The smallest absolute Gasteiger partial charge is 0.103 e. The van der Waals surface area contributed by atoms with Crippen LogP contribution in [0.25, 0.3) is 0 Å². The summed E-state index contributed by atoms with van der Waals surface area (Å²) in [6, 6.07) is 0. The van der Waals surface area contributed by atoms with Crippen LogP contribution < -0.4 is 0 Å². The van der Waals surface area contributed by atoms with Gasteiger partial charge in [-0.05, 0) is 6.92 Å². The quantitative estimate of drug-likeness (QED) is 0.422. The lowest BCUT2D eigenvalue weighted by molar-refractivity contribution is 0.657. The molecule has 58 valence electrons. The first kappa shape index (κ1) is 9.14. The molecule has 0 spiro atoms. The van der Waals surface area contributed by atoms with E-state index in [2.05, 4.69) is 0 Å². The van der Waals surface area contributed by atoms with E-state index in [1.165, 1.54) is 0 Å².